The molecular formula is C13H19N3O3. The average Bonchev–Trinajstić information content (AvgIpc) is 2.37. The summed E-state index contributed by atoms with van der Waals surface area (Å²) in [6.07, 6.45) is 3.00. The number of nitro benzene ring substituents is 1. The number of hydrogen-bond donors (Lipinski definition) is 2. The van der Waals surface area contributed by atoms with Crippen LogP contribution >= 0.6 is 0 Å². The molecule has 19 heavy (non-hydrogen) atoms. The third kappa shape index (κ3) is 4.67. The lowest BCUT2D eigenvalue weighted by molar-refractivity contribution is -0.385. The Kier molecular flexibility index (Phi) is 5.95. The first-order chi connectivity index (χ1) is 9.06. The number of rotatable bonds is 7. The monoisotopic (exact) mass is 265 g/mol. The van der Waals surface area contributed by atoms with Crippen molar-refractivity contribution in [3.63, 3.8) is 0 Å². The van der Waals surface area contributed by atoms with Gasteiger partial charge in [-0.2, -0.15) is 0 Å². The third-order valence-electron chi connectivity index (χ3n) is 2.88. The normalized spacial score (nSPS) is 10.2. The minimum Gasteiger partial charge on any atom is -0.330 e. The molecule has 1 aromatic carbocycles. The Labute approximate surface area is 112 Å². The molecule has 0 saturated heterocycles. The van der Waals surface area contributed by atoms with E-state index in [0.717, 1.165) is 19.3 Å². The maximum absolute atomic E-state index is 11.7. The number of nitrogens with zero attached hydrogens (tertiary/aromatic N) is 1. The number of nitro groups is 1. The average molecular weight is 265 g/mol. The van der Waals surface area contributed by atoms with E-state index in [9.17, 15) is 14.9 Å². The summed E-state index contributed by atoms with van der Waals surface area (Å²) in [4.78, 5) is 22.0. The fraction of sp³-hybridized carbons (Fsp3) is 0.462. The zero-order chi connectivity index (χ0) is 14.3. The van der Waals surface area contributed by atoms with Crippen molar-refractivity contribution in [3.8, 4) is 0 Å². The summed E-state index contributed by atoms with van der Waals surface area (Å²) in [6, 6.07) is 4.65. The van der Waals surface area contributed by atoms with Gasteiger partial charge in [-0.15, -0.1) is 0 Å². The lowest BCUT2D eigenvalue weighted by Gasteiger charge is -2.08. The molecule has 0 fully saturated rings. The van der Waals surface area contributed by atoms with E-state index in [4.69, 9.17) is 5.73 Å². The van der Waals surface area contributed by atoms with E-state index >= 15 is 0 Å². The molecule has 3 N–H and O–H groups in total. The van der Waals surface area contributed by atoms with Crippen LogP contribution in [0.1, 0.15) is 31.2 Å². The summed E-state index contributed by atoms with van der Waals surface area (Å²) in [6.45, 7) is 2.26. The van der Waals surface area contributed by atoms with Crippen LogP contribution in [0.5, 0.6) is 0 Å². The van der Waals surface area contributed by atoms with Crippen LogP contribution in [-0.4, -0.2) is 17.4 Å². The Morgan fingerprint density at radius 1 is 1.37 bits per heavy atom. The van der Waals surface area contributed by atoms with Gasteiger partial charge in [-0.05, 0) is 32.4 Å². The molecule has 0 heterocycles. The second-order valence-corrected chi connectivity index (χ2v) is 4.35. The zero-order valence-electron chi connectivity index (χ0n) is 11.0. The third-order valence-corrected chi connectivity index (χ3v) is 2.88. The highest BCUT2D eigenvalue weighted by molar-refractivity contribution is 5.92. The fourth-order valence-corrected chi connectivity index (χ4v) is 1.78. The van der Waals surface area contributed by atoms with Crippen LogP contribution in [0.4, 0.5) is 11.4 Å². The summed E-state index contributed by atoms with van der Waals surface area (Å²) >= 11 is 0. The van der Waals surface area contributed by atoms with Gasteiger partial charge in [0, 0.05) is 12.5 Å². The Bertz CT molecular complexity index is 460. The highest BCUT2D eigenvalue weighted by Gasteiger charge is 2.14. The molecule has 0 aliphatic heterocycles. The predicted octanol–water partition coefficient (Wildman–Crippen LogP) is 2.36. The largest absolute Gasteiger partial charge is 0.330 e. The first-order valence-corrected chi connectivity index (χ1v) is 6.30. The molecule has 1 aromatic rings. The molecule has 1 rings (SSSR count). The molecule has 1 amide bonds. The van der Waals surface area contributed by atoms with E-state index < -0.39 is 4.92 Å². The molecule has 0 spiro atoms. The van der Waals surface area contributed by atoms with Gasteiger partial charge in [0.05, 0.1) is 16.2 Å². The fourth-order valence-electron chi connectivity index (χ4n) is 1.78. The van der Waals surface area contributed by atoms with E-state index in [0.29, 0.717) is 24.2 Å². The molecule has 0 unspecified atom stereocenters. The second kappa shape index (κ2) is 7.48. The van der Waals surface area contributed by atoms with Gasteiger partial charge in [-0.3, -0.25) is 14.9 Å². The Balaban J connectivity index is 2.59. The van der Waals surface area contributed by atoms with Gasteiger partial charge in [0.25, 0.3) is 5.69 Å². The van der Waals surface area contributed by atoms with Crippen molar-refractivity contribution >= 4 is 17.3 Å². The van der Waals surface area contributed by atoms with Crippen LogP contribution in [0.15, 0.2) is 18.2 Å². The molecular weight excluding hydrogens is 246 g/mol. The van der Waals surface area contributed by atoms with Gasteiger partial charge >= 0.3 is 0 Å². The van der Waals surface area contributed by atoms with Crippen LogP contribution in [0.3, 0.4) is 0 Å². The number of unbranched alkanes of at least 4 members (excludes halogenated alkanes) is 2. The Morgan fingerprint density at radius 3 is 2.74 bits per heavy atom. The molecule has 0 aliphatic carbocycles. The smallest absolute Gasteiger partial charge is 0.274 e. The van der Waals surface area contributed by atoms with E-state index in [1.54, 1.807) is 19.1 Å². The lowest BCUT2D eigenvalue weighted by Crippen LogP contribution is -2.12. The maximum Gasteiger partial charge on any atom is 0.274 e. The standard InChI is InChI=1S/C13H19N3O3/c1-10-11(6-5-7-12(10)16(18)19)15-13(17)8-3-2-4-9-14/h5-7H,2-4,8-9,14H2,1H3,(H,15,17). The molecule has 0 aliphatic rings. The number of nitrogens with one attached hydrogen (secondary N) is 1. The number of nitrogens with two attached hydrogens (primary N) is 1. The van der Waals surface area contributed by atoms with E-state index in [2.05, 4.69) is 5.32 Å². The van der Waals surface area contributed by atoms with Gasteiger partial charge < -0.3 is 11.1 Å². The van der Waals surface area contributed by atoms with Crippen LogP contribution in [0.25, 0.3) is 0 Å². The Hall–Kier alpha value is -1.95. The molecule has 6 heteroatoms. The van der Waals surface area contributed by atoms with Crippen molar-refractivity contribution in [1.29, 1.82) is 0 Å². The molecule has 0 aromatic heterocycles. The molecule has 0 radical (unpaired) electrons. The summed E-state index contributed by atoms with van der Waals surface area (Å²) < 4.78 is 0. The summed E-state index contributed by atoms with van der Waals surface area (Å²) in [5.41, 5.74) is 6.36. The molecule has 0 bridgehead atoms. The van der Waals surface area contributed by atoms with Gasteiger partial charge in [-0.25, -0.2) is 0 Å². The zero-order valence-corrected chi connectivity index (χ0v) is 11.0. The van der Waals surface area contributed by atoms with Crippen molar-refractivity contribution < 1.29 is 9.72 Å². The molecule has 104 valence electrons. The predicted molar refractivity (Wildman–Crippen MR) is 74.0 cm³/mol. The van der Waals surface area contributed by atoms with Crippen LogP contribution < -0.4 is 11.1 Å². The van der Waals surface area contributed by atoms with Crippen molar-refractivity contribution in [1.82, 2.24) is 0 Å². The number of carbonyl (C=O) groups excluding carboxylic acids is 1. The van der Waals surface area contributed by atoms with Crippen LogP contribution in [0, 0.1) is 17.0 Å². The maximum atomic E-state index is 11.7. The number of amides is 1. The minimum atomic E-state index is -0.452. The highest BCUT2D eigenvalue weighted by Crippen LogP contribution is 2.25. The van der Waals surface area contributed by atoms with E-state index in [1.807, 2.05) is 0 Å². The van der Waals surface area contributed by atoms with Crippen molar-refractivity contribution in [2.24, 2.45) is 5.73 Å². The Morgan fingerprint density at radius 2 is 2.11 bits per heavy atom. The van der Waals surface area contributed by atoms with Crippen molar-refractivity contribution in [2.45, 2.75) is 32.6 Å². The van der Waals surface area contributed by atoms with Gasteiger partial charge in [0.15, 0.2) is 0 Å². The van der Waals surface area contributed by atoms with Crippen LogP contribution in [-0.2, 0) is 4.79 Å². The van der Waals surface area contributed by atoms with Crippen molar-refractivity contribution in [3.05, 3.63) is 33.9 Å². The summed E-state index contributed by atoms with van der Waals surface area (Å²) in [7, 11) is 0. The van der Waals surface area contributed by atoms with E-state index in [-0.39, 0.29) is 11.6 Å². The van der Waals surface area contributed by atoms with Crippen molar-refractivity contribution in [2.75, 3.05) is 11.9 Å². The quantitative estimate of drug-likeness (QED) is 0.449. The van der Waals surface area contributed by atoms with Gasteiger partial charge in [-0.1, -0.05) is 12.5 Å². The van der Waals surface area contributed by atoms with Crippen LogP contribution in [0.2, 0.25) is 0 Å². The lowest BCUT2D eigenvalue weighted by atomic mass is 10.1. The SMILES string of the molecule is Cc1c(NC(=O)CCCCCN)cccc1[N+](=O)[O-]. The number of hydrogen-bond acceptors (Lipinski definition) is 4. The molecule has 0 saturated carbocycles. The first kappa shape index (κ1) is 15.1. The second-order valence-electron chi connectivity index (χ2n) is 4.35. The topological polar surface area (TPSA) is 98.3 Å². The molecule has 0 atom stereocenters. The number of anilines is 1. The number of carbonyl (C=O) groups is 1. The first-order valence-electron chi connectivity index (χ1n) is 6.30. The minimum absolute atomic E-state index is 0.0148. The molecule has 6 nitrogen and oxygen atoms in total. The van der Waals surface area contributed by atoms with E-state index in [1.165, 1.54) is 6.07 Å². The van der Waals surface area contributed by atoms with Gasteiger partial charge in [0.1, 0.15) is 0 Å². The summed E-state index contributed by atoms with van der Waals surface area (Å²) in [5.74, 6) is -0.124. The van der Waals surface area contributed by atoms with Gasteiger partial charge in [0.2, 0.25) is 5.91 Å². The highest BCUT2D eigenvalue weighted by atomic mass is 16.6. The number of benzene rings is 1. The summed E-state index contributed by atoms with van der Waals surface area (Å²) in [5, 5.41) is 13.5.